The highest BCUT2D eigenvalue weighted by Crippen LogP contribution is 2.21. The molecule has 24 heavy (non-hydrogen) atoms. The number of nitrogens with zero attached hydrogens (tertiary/aromatic N) is 4. The number of hydrogen-bond acceptors (Lipinski definition) is 3. The Balaban J connectivity index is 1.71. The van der Waals surface area contributed by atoms with Gasteiger partial charge in [-0.2, -0.15) is 10.2 Å². The summed E-state index contributed by atoms with van der Waals surface area (Å²) in [5.41, 5.74) is 2.25. The number of halogens is 2. The first-order valence-electron chi connectivity index (χ1n) is 7.22. The number of aryl methyl sites for hydroxylation is 1. The summed E-state index contributed by atoms with van der Waals surface area (Å²) in [5.74, 6) is 0.163. The summed E-state index contributed by atoms with van der Waals surface area (Å²) >= 11 is 9.37. The van der Waals surface area contributed by atoms with E-state index in [4.69, 9.17) is 11.6 Å². The van der Waals surface area contributed by atoms with Crippen LogP contribution in [0.15, 0.2) is 41.0 Å². The lowest BCUT2D eigenvalue weighted by Crippen LogP contribution is -2.14. The van der Waals surface area contributed by atoms with Crippen LogP contribution in [0.3, 0.4) is 0 Å². The lowest BCUT2D eigenvalue weighted by atomic mass is 10.2. The van der Waals surface area contributed by atoms with Gasteiger partial charge in [-0.15, -0.1) is 0 Å². The van der Waals surface area contributed by atoms with Gasteiger partial charge in [0.15, 0.2) is 11.5 Å². The first kappa shape index (κ1) is 16.7. The number of nitrogens with one attached hydrogen (secondary N) is 1. The molecule has 8 heteroatoms. The average Bonchev–Trinajstić information content (AvgIpc) is 3.07. The Labute approximate surface area is 152 Å². The average molecular weight is 409 g/mol. The van der Waals surface area contributed by atoms with Crippen molar-refractivity contribution in [2.24, 2.45) is 7.05 Å². The van der Waals surface area contributed by atoms with E-state index in [2.05, 4.69) is 31.4 Å². The molecular formula is C16H15BrClN5O. The second-order valence-corrected chi connectivity index (χ2v) is 6.58. The molecule has 0 unspecified atom stereocenters. The third kappa shape index (κ3) is 3.52. The molecule has 3 aromatic rings. The van der Waals surface area contributed by atoms with Crippen LogP contribution in [0.25, 0.3) is 0 Å². The molecule has 3 rings (SSSR count). The Hall–Kier alpha value is -2.12. The van der Waals surface area contributed by atoms with Gasteiger partial charge in [0, 0.05) is 24.3 Å². The maximum absolute atomic E-state index is 12.3. The quantitative estimate of drug-likeness (QED) is 0.717. The van der Waals surface area contributed by atoms with Crippen LogP contribution in [-0.2, 0) is 13.6 Å². The number of aromatic nitrogens is 4. The number of amides is 1. The van der Waals surface area contributed by atoms with Crippen molar-refractivity contribution in [1.29, 1.82) is 0 Å². The minimum atomic E-state index is -0.307. The van der Waals surface area contributed by atoms with Gasteiger partial charge in [0.25, 0.3) is 5.91 Å². The molecular weight excluding hydrogens is 394 g/mol. The van der Waals surface area contributed by atoms with E-state index in [-0.39, 0.29) is 5.91 Å². The molecule has 0 aliphatic heterocycles. The van der Waals surface area contributed by atoms with E-state index in [0.29, 0.717) is 27.6 Å². The number of carbonyl (C=O) groups is 1. The van der Waals surface area contributed by atoms with E-state index < -0.39 is 0 Å². The standard InChI is InChI=1S/C16H15BrClN5O/c1-10-14(17)15(21-22(10)2)16(24)19-13-6-7-23(20-13)9-11-4-3-5-12(18)8-11/h3-8H,9H2,1-2H3,(H,19,20,24). The third-order valence-corrected chi connectivity index (χ3v) is 4.78. The molecule has 0 bridgehead atoms. The molecule has 0 aliphatic carbocycles. The summed E-state index contributed by atoms with van der Waals surface area (Å²) < 4.78 is 4.07. The van der Waals surface area contributed by atoms with Gasteiger partial charge in [-0.25, -0.2) is 0 Å². The molecule has 0 spiro atoms. The topological polar surface area (TPSA) is 64.7 Å². The summed E-state index contributed by atoms with van der Waals surface area (Å²) in [5, 5.41) is 12.0. The Bertz CT molecular complexity index is 902. The summed E-state index contributed by atoms with van der Waals surface area (Å²) in [6, 6.07) is 9.32. The lowest BCUT2D eigenvalue weighted by Gasteiger charge is -2.03. The fourth-order valence-corrected chi connectivity index (χ4v) is 2.97. The molecule has 0 fully saturated rings. The molecule has 1 amide bonds. The van der Waals surface area contributed by atoms with Crippen molar-refractivity contribution in [2.45, 2.75) is 13.5 Å². The number of carbonyl (C=O) groups excluding carboxylic acids is 1. The van der Waals surface area contributed by atoms with Crippen molar-refractivity contribution in [3.63, 3.8) is 0 Å². The van der Waals surface area contributed by atoms with Crippen LogP contribution in [0.2, 0.25) is 5.02 Å². The number of rotatable bonds is 4. The van der Waals surface area contributed by atoms with Crippen molar-refractivity contribution in [2.75, 3.05) is 5.32 Å². The first-order valence-corrected chi connectivity index (χ1v) is 8.39. The van der Waals surface area contributed by atoms with E-state index in [0.717, 1.165) is 11.3 Å². The molecule has 0 saturated heterocycles. The SMILES string of the molecule is Cc1c(Br)c(C(=O)Nc2ccn(Cc3cccc(Cl)c3)n2)nn1C. The summed E-state index contributed by atoms with van der Waals surface area (Å²) in [6.45, 7) is 2.45. The molecule has 6 nitrogen and oxygen atoms in total. The molecule has 1 aromatic carbocycles. The van der Waals surface area contributed by atoms with E-state index in [1.807, 2.05) is 31.2 Å². The maximum Gasteiger partial charge on any atom is 0.278 e. The van der Waals surface area contributed by atoms with E-state index in [1.165, 1.54) is 0 Å². The van der Waals surface area contributed by atoms with Gasteiger partial charge in [0.05, 0.1) is 16.7 Å². The predicted molar refractivity (Wildman–Crippen MR) is 96.4 cm³/mol. The van der Waals surface area contributed by atoms with Gasteiger partial charge >= 0.3 is 0 Å². The highest BCUT2D eigenvalue weighted by atomic mass is 79.9. The van der Waals surface area contributed by atoms with E-state index in [1.54, 1.807) is 28.7 Å². The summed E-state index contributed by atoms with van der Waals surface area (Å²) in [7, 11) is 1.79. The van der Waals surface area contributed by atoms with Crippen molar-refractivity contribution >= 4 is 39.3 Å². The summed E-state index contributed by atoms with van der Waals surface area (Å²) in [6.07, 6.45) is 1.80. The van der Waals surface area contributed by atoms with Crippen LogP contribution >= 0.6 is 27.5 Å². The summed E-state index contributed by atoms with van der Waals surface area (Å²) in [4.78, 5) is 12.3. The van der Waals surface area contributed by atoms with Gasteiger partial charge < -0.3 is 5.32 Å². The van der Waals surface area contributed by atoms with E-state index in [9.17, 15) is 4.79 Å². The molecule has 0 atom stereocenters. The van der Waals surface area contributed by atoms with Crippen LogP contribution in [-0.4, -0.2) is 25.5 Å². The van der Waals surface area contributed by atoms with Crippen molar-refractivity contribution in [3.8, 4) is 0 Å². The van der Waals surface area contributed by atoms with Gasteiger partial charge in [-0.1, -0.05) is 23.7 Å². The van der Waals surface area contributed by atoms with Crippen LogP contribution < -0.4 is 5.32 Å². The zero-order valence-corrected chi connectivity index (χ0v) is 15.5. The largest absolute Gasteiger partial charge is 0.304 e. The fraction of sp³-hybridized carbons (Fsp3) is 0.188. The minimum Gasteiger partial charge on any atom is -0.304 e. The van der Waals surface area contributed by atoms with Gasteiger partial charge in [0.2, 0.25) is 0 Å². The monoisotopic (exact) mass is 407 g/mol. The molecule has 0 radical (unpaired) electrons. The number of benzene rings is 1. The normalized spacial score (nSPS) is 10.8. The minimum absolute atomic E-state index is 0.307. The second-order valence-electron chi connectivity index (χ2n) is 5.35. The van der Waals surface area contributed by atoms with Crippen LogP contribution in [0.5, 0.6) is 0 Å². The third-order valence-electron chi connectivity index (χ3n) is 3.59. The molecule has 1 N–H and O–H groups in total. The molecule has 2 aromatic heterocycles. The number of hydrogen-bond donors (Lipinski definition) is 1. The van der Waals surface area contributed by atoms with Crippen LogP contribution in [0, 0.1) is 6.92 Å². The van der Waals surface area contributed by atoms with Gasteiger partial charge in [-0.05, 0) is 40.5 Å². The molecule has 2 heterocycles. The predicted octanol–water partition coefficient (Wildman–Crippen LogP) is 3.64. The number of anilines is 1. The van der Waals surface area contributed by atoms with Crippen molar-refractivity contribution in [1.82, 2.24) is 19.6 Å². The Morgan fingerprint density at radius 1 is 1.33 bits per heavy atom. The lowest BCUT2D eigenvalue weighted by molar-refractivity contribution is 0.102. The Morgan fingerprint density at radius 3 is 2.79 bits per heavy atom. The first-order chi connectivity index (χ1) is 11.4. The highest BCUT2D eigenvalue weighted by molar-refractivity contribution is 9.10. The van der Waals surface area contributed by atoms with Gasteiger partial charge in [0.1, 0.15) is 0 Å². The Kier molecular flexibility index (Phi) is 4.73. The van der Waals surface area contributed by atoms with Crippen LogP contribution in [0.1, 0.15) is 21.7 Å². The second kappa shape index (κ2) is 6.78. The fourth-order valence-electron chi connectivity index (χ4n) is 2.24. The molecule has 0 saturated carbocycles. The Morgan fingerprint density at radius 2 is 2.12 bits per heavy atom. The van der Waals surface area contributed by atoms with Crippen molar-refractivity contribution < 1.29 is 4.79 Å². The maximum atomic E-state index is 12.3. The highest BCUT2D eigenvalue weighted by Gasteiger charge is 2.18. The molecule has 0 aliphatic rings. The van der Waals surface area contributed by atoms with Gasteiger partial charge in [-0.3, -0.25) is 14.2 Å². The molecule has 124 valence electrons. The zero-order chi connectivity index (χ0) is 17.3. The van der Waals surface area contributed by atoms with Crippen molar-refractivity contribution in [3.05, 3.63) is 63.0 Å². The zero-order valence-electron chi connectivity index (χ0n) is 13.1. The smallest absolute Gasteiger partial charge is 0.278 e. The van der Waals surface area contributed by atoms with Crippen LogP contribution in [0.4, 0.5) is 5.82 Å². The van der Waals surface area contributed by atoms with E-state index >= 15 is 0 Å².